The second-order valence-electron chi connectivity index (χ2n) is 3.44. The average molecular weight is 282 g/mol. The highest BCUT2D eigenvalue weighted by molar-refractivity contribution is 5.75. The van der Waals surface area contributed by atoms with E-state index in [0.717, 1.165) is 30.5 Å². The number of benzene rings is 1. The molecule has 2 N–H and O–H groups in total. The second kappa shape index (κ2) is 5.33. The van der Waals surface area contributed by atoms with Crippen molar-refractivity contribution in [1.82, 2.24) is 0 Å². The highest BCUT2D eigenvalue weighted by atomic mass is 19.4. The van der Waals surface area contributed by atoms with Crippen LogP contribution in [0.4, 0.5) is 32.0 Å². The molecule has 0 atom stereocenters. The molecule has 0 spiro atoms. The molecule has 0 heterocycles. The number of alkyl halides is 6. The van der Waals surface area contributed by atoms with Crippen LogP contribution in [0.1, 0.15) is 5.56 Å². The molecular formula is C11H8F6N2. The van der Waals surface area contributed by atoms with Gasteiger partial charge in [0.2, 0.25) is 0 Å². The Bertz CT molecular complexity index is 481. The standard InChI is InChI=1S/C11H8F6N2/c12-10(13,14)7-1-3-8(4-2-7)19-6-5-9(18)11(15,16)17/h1-6H,18H2. The largest absolute Gasteiger partial charge is 0.430 e. The third-order valence-corrected chi connectivity index (χ3v) is 2.00. The predicted molar refractivity (Wildman–Crippen MR) is 57.9 cm³/mol. The molecule has 0 fully saturated rings. The Balaban J connectivity index is 2.80. The van der Waals surface area contributed by atoms with Crippen LogP contribution in [0.5, 0.6) is 0 Å². The second-order valence-corrected chi connectivity index (χ2v) is 3.44. The molecular weight excluding hydrogens is 274 g/mol. The van der Waals surface area contributed by atoms with Crippen LogP contribution < -0.4 is 5.73 Å². The molecule has 104 valence electrons. The maximum absolute atomic E-state index is 12.2. The summed E-state index contributed by atoms with van der Waals surface area (Å²) in [6, 6.07) is 3.64. The van der Waals surface area contributed by atoms with Crippen LogP contribution in [-0.4, -0.2) is 12.4 Å². The third kappa shape index (κ3) is 4.65. The van der Waals surface area contributed by atoms with E-state index in [0.29, 0.717) is 6.08 Å². The number of aliphatic imine (C=N–C) groups is 1. The first-order valence-electron chi connectivity index (χ1n) is 4.85. The van der Waals surface area contributed by atoms with Crippen molar-refractivity contribution in [2.45, 2.75) is 12.4 Å². The van der Waals surface area contributed by atoms with Crippen molar-refractivity contribution in [3.05, 3.63) is 41.6 Å². The van der Waals surface area contributed by atoms with Crippen molar-refractivity contribution in [1.29, 1.82) is 0 Å². The molecule has 0 amide bonds. The molecule has 0 bridgehead atoms. The van der Waals surface area contributed by atoms with Gasteiger partial charge in [-0.2, -0.15) is 26.3 Å². The van der Waals surface area contributed by atoms with Crippen LogP contribution in [0.2, 0.25) is 0 Å². The Morgan fingerprint density at radius 1 is 1.00 bits per heavy atom. The van der Waals surface area contributed by atoms with Crippen LogP contribution in [0.15, 0.2) is 41.0 Å². The van der Waals surface area contributed by atoms with E-state index in [1.54, 1.807) is 0 Å². The summed E-state index contributed by atoms with van der Waals surface area (Å²) >= 11 is 0. The van der Waals surface area contributed by atoms with Crippen molar-refractivity contribution in [3.63, 3.8) is 0 Å². The Morgan fingerprint density at radius 2 is 1.53 bits per heavy atom. The quantitative estimate of drug-likeness (QED) is 0.650. The molecule has 0 aromatic heterocycles. The number of allylic oxidation sites excluding steroid dienone is 2. The molecule has 1 aromatic rings. The van der Waals surface area contributed by atoms with E-state index in [4.69, 9.17) is 5.73 Å². The van der Waals surface area contributed by atoms with E-state index in [9.17, 15) is 26.3 Å². The number of nitrogens with zero attached hydrogens (tertiary/aromatic N) is 1. The predicted octanol–water partition coefficient (Wildman–Crippen LogP) is 3.81. The van der Waals surface area contributed by atoms with E-state index in [1.165, 1.54) is 0 Å². The van der Waals surface area contributed by atoms with Gasteiger partial charge in [-0.05, 0) is 30.3 Å². The first kappa shape index (κ1) is 15.1. The Morgan fingerprint density at radius 3 is 1.95 bits per heavy atom. The third-order valence-electron chi connectivity index (χ3n) is 2.00. The topological polar surface area (TPSA) is 38.4 Å². The number of rotatable bonds is 2. The fourth-order valence-corrected chi connectivity index (χ4v) is 1.03. The van der Waals surface area contributed by atoms with Crippen LogP contribution in [0.3, 0.4) is 0 Å². The van der Waals surface area contributed by atoms with Crippen molar-refractivity contribution >= 4 is 11.9 Å². The van der Waals surface area contributed by atoms with Gasteiger partial charge in [0.1, 0.15) is 5.70 Å². The summed E-state index contributed by atoms with van der Waals surface area (Å²) in [6.45, 7) is 0. The first-order valence-corrected chi connectivity index (χ1v) is 4.85. The number of halogens is 6. The van der Waals surface area contributed by atoms with E-state index >= 15 is 0 Å². The Hall–Kier alpha value is -1.99. The molecule has 8 heteroatoms. The van der Waals surface area contributed by atoms with Crippen LogP contribution >= 0.6 is 0 Å². The monoisotopic (exact) mass is 282 g/mol. The van der Waals surface area contributed by atoms with Crippen molar-refractivity contribution < 1.29 is 26.3 Å². The summed E-state index contributed by atoms with van der Waals surface area (Å²) in [4.78, 5) is 3.53. The summed E-state index contributed by atoms with van der Waals surface area (Å²) in [7, 11) is 0. The zero-order valence-corrected chi connectivity index (χ0v) is 9.26. The molecule has 0 aliphatic heterocycles. The van der Waals surface area contributed by atoms with Gasteiger partial charge in [-0.1, -0.05) is 0 Å². The zero-order chi connectivity index (χ0) is 14.7. The first-order chi connectivity index (χ1) is 8.60. The molecule has 2 nitrogen and oxygen atoms in total. The zero-order valence-electron chi connectivity index (χ0n) is 9.26. The molecule has 1 rings (SSSR count). The lowest BCUT2D eigenvalue weighted by Crippen LogP contribution is -2.19. The van der Waals surface area contributed by atoms with Crippen LogP contribution in [0.25, 0.3) is 0 Å². The fraction of sp³-hybridized carbons (Fsp3) is 0.182. The van der Waals surface area contributed by atoms with E-state index < -0.39 is 23.6 Å². The van der Waals surface area contributed by atoms with Gasteiger partial charge in [-0.3, -0.25) is 4.99 Å². The van der Waals surface area contributed by atoms with Crippen molar-refractivity contribution in [3.8, 4) is 0 Å². The minimum Gasteiger partial charge on any atom is -0.395 e. The van der Waals surface area contributed by atoms with Gasteiger partial charge in [0.25, 0.3) is 0 Å². The summed E-state index contributed by atoms with van der Waals surface area (Å²) < 4.78 is 72.6. The molecule has 0 saturated heterocycles. The molecule has 0 radical (unpaired) electrons. The molecule has 19 heavy (non-hydrogen) atoms. The lowest BCUT2D eigenvalue weighted by molar-refractivity contribution is -0.137. The summed E-state index contributed by atoms with van der Waals surface area (Å²) in [5, 5.41) is 0. The number of hydrogen-bond acceptors (Lipinski definition) is 2. The van der Waals surface area contributed by atoms with E-state index in [1.807, 2.05) is 0 Å². The Labute approximate surface area is 104 Å². The number of nitrogens with two attached hydrogens (primary N) is 1. The fourth-order valence-electron chi connectivity index (χ4n) is 1.03. The Kier molecular flexibility index (Phi) is 4.23. The van der Waals surface area contributed by atoms with Crippen molar-refractivity contribution in [2.75, 3.05) is 0 Å². The van der Waals surface area contributed by atoms with Gasteiger partial charge in [0.05, 0.1) is 11.3 Å². The summed E-state index contributed by atoms with van der Waals surface area (Å²) in [5.41, 5.74) is 2.57. The van der Waals surface area contributed by atoms with Gasteiger partial charge in [0.15, 0.2) is 0 Å². The lowest BCUT2D eigenvalue weighted by atomic mass is 10.2. The van der Waals surface area contributed by atoms with E-state index in [-0.39, 0.29) is 5.69 Å². The minimum atomic E-state index is -4.66. The highest BCUT2D eigenvalue weighted by Crippen LogP contribution is 2.30. The molecule has 1 aromatic carbocycles. The summed E-state index contributed by atoms with van der Waals surface area (Å²) in [5.74, 6) is 0. The number of hydrogen-bond donors (Lipinski definition) is 1. The molecule has 0 aliphatic rings. The normalized spacial score (nSPS) is 14.1. The van der Waals surface area contributed by atoms with E-state index in [2.05, 4.69) is 4.99 Å². The van der Waals surface area contributed by atoms with Gasteiger partial charge in [0, 0.05) is 6.21 Å². The van der Waals surface area contributed by atoms with Crippen molar-refractivity contribution in [2.24, 2.45) is 10.7 Å². The smallest absolute Gasteiger partial charge is 0.395 e. The van der Waals surface area contributed by atoms with Crippen LogP contribution in [-0.2, 0) is 6.18 Å². The maximum atomic E-state index is 12.2. The van der Waals surface area contributed by atoms with Gasteiger partial charge in [-0.25, -0.2) is 0 Å². The van der Waals surface area contributed by atoms with Gasteiger partial charge < -0.3 is 5.73 Å². The SMILES string of the molecule is NC(=CC=Nc1ccc(C(F)(F)F)cc1)C(F)(F)F. The highest BCUT2D eigenvalue weighted by Gasteiger charge is 2.31. The molecule has 0 saturated carbocycles. The minimum absolute atomic E-state index is 0.0826. The maximum Gasteiger partial charge on any atom is 0.430 e. The summed E-state index contributed by atoms with van der Waals surface area (Å²) in [6.07, 6.45) is -7.84. The van der Waals surface area contributed by atoms with Crippen LogP contribution in [0, 0.1) is 0 Å². The molecule has 0 unspecified atom stereocenters. The van der Waals surface area contributed by atoms with Gasteiger partial charge >= 0.3 is 12.4 Å². The van der Waals surface area contributed by atoms with Gasteiger partial charge in [-0.15, -0.1) is 0 Å². The molecule has 0 aliphatic carbocycles. The average Bonchev–Trinajstić information content (AvgIpc) is 2.27. The lowest BCUT2D eigenvalue weighted by Gasteiger charge is -2.05.